The molecular weight excluding hydrogens is 382 g/mol. The van der Waals surface area contributed by atoms with Crippen LogP contribution in [0.3, 0.4) is 0 Å². The second kappa shape index (κ2) is 8.83. The SMILES string of the molecule is COc1ccccc1NC(=O)[C@H](C)OC(=O)Cc1csc(N2CCCC2=O)n1. The number of hydrogen-bond donors (Lipinski definition) is 1. The first kappa shape index (κ1) is 19.8. The van der Waals surface area contributed by atoms with Crippen LogP contribution in [0.25, 0.3) is 0 Å². The average Bonchev–Trinajstić information content (AvgIpc) is 3.30. The predicted octanol–water partition coefficient (Wildman–Crippen LogP) is 2.39. The van der Waals surface area contributed by atoms with Gasteiger partial charge in [0.2, 0.25) is 5.91 Å². The van der Waals surface area contributed by atoms with Gasteiger partial charge in [-0.15, -0.1) is 11.3 Å². The molecule has 0 bridgehead atoms. The smallest absolute Gasteiger partial charge is 0.312 e. The van der Waals surface area contributed by atoms with Gasteiger partial charge in [0.25, 0.3) is 5.91 Å². The average molecular weight is 403 g/mol. The Morgan fingerprint density at radius 2 is 2.14 bits per heavy atom. The quantitative estimate of drug-likeness (QED) is 0.713. The summed E-state index contributed by atoms with van der Waals surface area (Å²) in [4.78, 5) is 42.2. The molecule has 28 heavy (non-hydrogen) atoms. The highest BCUT2D eigenvalue weighted by Gasteiger charge is 2.25. The van der Waals surface area contributed by atoms with Gasteiger partial charge < -0.3 is 14.8 Å². The lowest BCUT2D eigenvalue weighted by molar-refractivity contribution is -0.152. The van der Waals surface area contributed by atoms with Crippen molar-refractivity contribution >= 4 is 39.9 Å². The molecule has 0 aliphatic carbocycles. The van der Waals surface area contributed by atoms with E-state index in [4.69, 9.17) is 9.47 Å². The largest absolute Gasteiger partial charge is 0.495 e. The number of hydrogen-bond acceptors (Lipinski definition) is 7. The van der Waals surface area contributed by atoms with Crippen LogP contribution in [0.15, 0.2) is 29.6 Å². The minimum absolute atomic E-state index is 0.0464. The molecule has 9 heteroatoms. The van der Waals surface area contributed by atoms with E-state index in [1.807, 2.05) is 0 Å². The van der Waals surface area contributed by atoms with Crippen LogP contribution in [0.1, 0.15) is 25.5 Å². The lowest BCUT2D eigenvalue weighted by Gasteiger charge is -2.15. The summed E-state index contributed by atoms with van der Waals surface area (Å²) < 4.78 is 10.4. The van der Waals surface area contributed by atoms with Crippen LogP contribution < -0.4 is 15.0 Å². The van der Waals surface area contributed by atoms with Crippen molar-refractivity contribution in [1.82, 2.24) is 4.98 Å². The van der Waals surface area contributed by atoms with Gasteiger partial charge in [0.1, 0.15) is 5.75 Å². The van der Waals surface area contributed by atoms with Crippen molar-refractivity contribution in [2.75, 3.05) is 23.9 Å². The summed E-state index contributed by atoms with van der Waals surface area (Å²) in [5, 5.41) is 4.99. The molecule has 148 valence electrons. The molecule has 2 amide bonds. The van der Waals surface area contributed by atoms with E-state index < -0.39 is 18.0 Å². The van der Waals surface area contributed by atoms with Crippen molar-refractivity contribution in [3.05, 3.63) is 35.3 Å². The number of carbonyl (C=O) groups is 3. The number of nitrogens with one attached hydrogen (secondary N) is 1. The Morgan fingerprint density at radius 1 is 1.36 bits per heavy atom. The van der Waals surface area contributed by atoms with Gasteiger partial charge in [-0.25, -0.2) is 4.98 Å². The molecule has 0 spiro atoms. The van der Waals surface area contributed by atoms with Crippen molar-refractivity contribution in [2.45, 2.75) is 32.3 Å². The molecule has 8 nitrogen and oxygen atoms in total. The van der Waals surface area contributed by atoms with E-state index >= 15 is 0 Å². The number of anilines is 2. The van der Waals surface area contributed by atoms with Gasteiger partial charge in [-0.3, -0.25) is 19.3 Å². The van der Waals surface area contributed by atoms with E-state index in [1.165, 1.54) is 25.4 Å². The van der Waals surface area contributed by atoms with Crippen molar-refractivity contribution in [2.24, 2.45) is 0 Å². The minimum atomic E-state index is -0.976. The molecule has 1 fully saturated rings. The van der Waals surface area contributed by atoms with Crippen molar-refractivity contribution in [3.8, 4) is 5.75 Å². The maximum absolute atomic E-state index is 12.3. The Labute approximate surface area is 166 Å². The van der Waals surface area contributed by atoms with Crippen molar-refractivity contribution in [3.63, 3.8) is 0 Å². The molecule has 1 atom stereocenters. The van der Waals surface area contributed by atoms with E-state index in [2.05, 4.69) is 10.3 Å². The molecule has 3 rings (SSSR count). The maximum atomic E-state index is 12.3. The van der Waals surface area contributed by atoms with Crippen molar-refractivity contribution in [1.29, 1.82) is 0 Å². The fourth-order valence-corrected chi connectivity index (χ4v) is 3.64. The molecule has 1 N–H and O–H groups in total. The second-order valence-electron chi connectivity index (χ2n) is 6.27. The molecule has 1 aliphatic heterocycles. The number of aromatic nitrogens is 1. The summed E-state index contributed by atoms with van der Waals surface area (Å²) >= 11 is 1.32. The van der Waals surface area contributed by atoms with Crippen LogP contribution in [0.5, 0.6) is 5.75 Å². The zero-order chi connectivity index (χ0) is 20.1. The van der Waals surface area contributed by atoms with Gasteiger partial charge in [0, 0.05) is 18.3 Å². The monoisotopic (exact) mass is 403 g/mol. The molecule has 2 heterocycles. The third kappa shape index (κ3) is 4.66. The molecule has 1 aliphatic rings. The highest BCUT2D eigenvalue weighted by Crippen LogP contribution is 2.26. The van der Waals surface area contributed by atoms with Crippen LogP contribution in [0.2, 0.25) is 0 Å². The van der Waals surface area contributed by atoms with Crippen LogP contribution in [-0.2, 0) is 25.5 Å². The summed E-state index contributed by atoms with van der Waals surface area (Å²) in [6.07, 6.45) is 0.297. The molecule has 0 saturated carbocycles. The Kier molecular flexibility index (Phi) is 6.25. The predicted molar refractivity (Wildman–Crippen MR) is 105 cm³/mol. The highest BCUT2D eigenvalue weighted by atomic mass is 32.1. The number of methoxy groups -OCH3 is 1. The molecular formula is C19H21N3O5S. The fourth-order valence-electron chi connectivity index (χ4n) is 2.77. The number of para-hydroxylation sites is 2. The number of amides is 2. The number of ether oxygens (including phenoxy) is 2. The summed E-state index contributed by atoms with van der Waals surface area (Å²) in [7, 11) is 1.51. The van der Waals surface area contributed by atoms with Crippen LogP contribution in [0.4, 0.5) is 10.8 Å². The number of thiazole rings is 1. The summed E-state index contributed by atoms with van der Waals surface area (Å²) in [6, 6.07) is 6.97. The molecule has 1 saturated heterocycles. The van der Waals surface area contributed by atoms with Gasteiger partial charge in [-0.2, -0.15) is 0 Å². The van der Waals surface area contributed by atoms with Gasteiger partial charge in [-0.05, 0) is 25.5 Å². The normalized spacial score (nSPS) is 14.6. The lowest BCUT2D eigenvalue weighted by Crippen LogP contribution is -2.30. The zero-order valence-electron chi connectivity index (χ0n) is 15.6. The Bertz CT molecular complexity index is 882. The first-order valence-corrected chi connectivity index (χ1v) is 9.74. The molecule has 0 radical (unpaired) electrons. The molecule has 0 unspecified atom stereocenters. The first-order valence-electron chi connectivity index (χ1n) is 8.86. The van der Waals surface area contributed by atoms with Crippen LogP contribution >= 0.6 is 11.3 Å². The van der Waals surface area contributed by atoms with E-state index in [9.17, 15) is 14.4 Å². The van der Waals surface area contributed by atoms with E-state index in [-0.39, 0.29) is 12.3 Å². The second-order valence-corrected chi connectivity index (χ2v) is 7.11. The molecule has 2 aromatic rings. The van der Waals surface area contributed by atoms with E-state index in [1.54, 1.807) is 34.5 Å². The summed E-state index contributed by atoms with van der Waals surface area (Å²) in [5.41, 5.74) is 1.01. The van der Waals surface area contributed by atoms with Gasteiger partial charge in [0.15, 0.2) is 11.2 Å². The summed E-state index contributed by atoms with van der Waals surface area (Å²) in [6.45, 7) is 2.15. The number of benzene rings is 1. The minimum Gasteiger partial charge on any atom is -0.495 e. The summed E-state index contributed by atoms with van der Waals surface area (Å²) in [5.74, 6) is -0.460. The molecule has 1 aromatic heterocycles. The number of nitrogens with zero attached hydrogens (tertiary/aromatic N) is 2. The highest BCUT2D eigenvalue weighted by molar-refractivity contribution is 7.14. The van der Waals surface area contributed by atoms with Crippen LogP contribution in [0, 0.1) is 0 Å². The van der Waals surface area contributed by atoms with Gasteiger partial charge >= 0.3 is 5.97 Å². The Morgan fingerprint density at radius 3 is 2.86 bits per heavy atom. The number of carbonyl (C=O) groups excluding carboxylic acids is 3. The maximum Gasteiger partial charge on any atom is 0.312 e. The van der Waals surface area contributed by atoms with Gasteiger partial charge in [0.05, 0.1) is 24.9 Å². The first-order chi connectivity index (χ1) is 13.5. The fraction of sp³-hybridized carbons (Fsp3) is 0.368. The van der Waals surface area contributed by atoms with Gasteiger partial charge in [-0.1, -0.05) is 12.1 Å². The standard InChI is InChI=1S/C19H21N3O5S/c1-12(18(25)21-14-6-3-4-7-15(14)26-2)27-17(24)10-13-11-28-19(20-13)22-9-5-8-16(22)23/h3-4,6-7,11-12H,5,8-10H2,1-2H3,(H,21,25)/t12-/m0/s1. The third-order valence-electron chi connectivity index (χ3n) is 4.21. The van der Waals surface area contributed by atoms with Crippen molar-refractivity contribution < 1.29 is 23.9 Å². The van der Waals surface area contributed by atoms with Crippen LogP contribution in [-0.4, -0.2) is 42.5 Å². The Hall–Kier alpha value is -2.94. The van der Waals surface area contributed by atoms with E-state index in [0.717, 1.165) is 6.42 Å². The zero-order valence-corrected chi connectivity index (χ0v) is 16.5. The third-order valence-corrected chi connectivity index (χ3v) is 5.12. The Balaban J connectivity index is 1.53. The van der Waals surface area contributed by atoms with E-state index in [0.29, 0.717) is 35.2 Å². The number of esters is 1. The number of rotatable bonds is 7. The molecule has 1 aromatic carbocycles. The topological polar surface area (TPSA) is 97.8 Å². The lowest BCUT2D eigenvalue weighted by atomic mass is 10.2.